The van der Waals surface area contributed by atoms with E-state index in [-0.39, 0.29) is 5.60 Å². The summed E-state index contributed by atoms with van der Waals surface area (Å²) < 4.78 is 5.48. The summed E-state index contributed by atoms with van der Waals surface area (Å²) in [5.41, 5.74) is 0.723. The lowest BCUT2D eigenvalue weighted by Crippen LogP contribution is -2.61. The second kappa shape index (κ2) is 3.70. The lowest BCUT2D eigenvalue weighted by atomic mass is 9.92. The quantitative estimate of drug-likeness (QED) is 0.810. The Morgan fingerprint density at radius 2 is 2.50 bits per heavy atom. The van der Waals surface area contributed by atoms with Gasteiger partial charge in [-0.1, -0.05) is 0 Å². The third-order valence-corrected chi connectivity index (χ3v) is 3.54. The number of methoxy groups -OCH3 is 1. The van der Waals surface area contributed by atoms with Crippen LogP contribution >= 0.6 is 11.3 Å². The predicted octanol–water partition coefficient (Wildman–Crippen LogP) is 1.15. The van der Waals surface area contributed by atoms with E-state index in [2.05, 4.69) is 11.4 Å². The number of hydrogen-bond acceptors (Lipinski definition) is 4. The van der Waals surface area contributed by atoms with Crippen molar-refractivity contribution in [1.82, 2.24) is 5.32 Å². The van der Waals surface area contributed by atoms with Crippen molar-refractivity contribution in [1.29, 1.82) is 5.26 Å². The Morgan fingerprint density at radius 1 is 1.71 bits per heavy atom. The SMILES string of the molecule is COC1(Cc2cc(C#N)cs2)CNC1. The highest BCUT2D eigenvalue weighted by atomic mass is 32.1. The fourth-order valence-corrected chi connectivity index (χ4v) is 2.54. The third-order valence-electron chi connectivity index (χ3n) is 2.61. The van der Waals surface area contributed by atoms with Crippen molar-refractivity contribution in [2.75, 3.05) is 20.2 Å². The smallest absolute Gasteiger partial charge is 0.100 e. The van der Waals surface area contributed by atoms with Gasteiger partial charge in [0, 0.05) is 36.9 Å². The van der Waals surface area contributed by atoms with Gasteiger partial charge < -0.3 is 10.1 Å². The van der Waals surface area contributed by atoms with Crippen molar-refractivity contribution in [3.05, 3.63) is 21.9 Å². The van der Waals surface area contributed by atoms with Crippen LogP contribution in [0.2, 0.25) is 0 Å². The summed E-state index contributed by atoms with van der Waals surface area (Å²) in [6.45, 7) is 1.81. The van der Waals surface area contributed by atoms with Gasteiger partial charge in [0.25, 0.3) is 0 Å². The Balaban J connectivity index is 2.06. The first-order valence-electron chi connectivity index (χ1n) is 4.51. The van der Waals surface area contributed by atoms with Crippen molar-refractivity contribution in [2.24, 2.45) is 0 Å². The highest BCUT2D eigenvalue weighted by molar-refractivity contribution is 7.10. The molecule has 1 aliphatic rings. The molecular weight excluding hydrogens is 196 g/mol. The van der Waals surface area contributed by atoms with Crippen molar-refractivity contribution in [3.63, 3.8) is 0 Å². The van der Waals surface area contributed by atoms with Gasteiger partial charge in [0.2, 0.25) is 0 Å². The minimum atomic E-state index is -0.0302. The maximum absolute atomic E-state index is 8.69. The van der Waals surface area contributed by atoms with E-state index in [0.717, 1.165) is 25.1 Å². The lowest BCUT2D eigenvalue weighted by molar-refractivity contribution is -0.0496. The molecule has 0 spiro atoms. The zero-order valence-corrected chi connectivity index (χ0v) is 8.86. The fourth-order valence-electron chi connectivity index (χ4n) is 1.59. The largest absolute Gasteiger partial charge is 0.375 e. The molecule has 1 aliphatic heterocycles. The number of rotatable bonds is 3. The third kappa shape index (κ3) is 1.67. The number of hydrogen-bond donors (Lipinski definition) is 1. The minimum Gasteiger partial charge on any atom is -0.375 e. The van der Waals surface area contributed by atoms with Crippen LogP contribution in [0.4, 0.5) is 0 Å². The summed E-state index contributed by atoms with van der Waals surface area (Å²) in [4.78, 5) is 1.23. The second-order valence-corrected chi connectivity index (χ2v) is 4.58. The standard InChI is InChI=1S/C10H12N2OS/c1-13-10(6-12-7-10)3-9-2-8(4-11)5-14-9/h2,5,12H,3,6-7H2,1H3. The molecule has 2 heterocycles. The predicted molar refractivity (Wildman–Crippen MR) is 55.3 cm³/mol. The first-order chi connectivity index (χ1) is 6.78. The molecule has 74 valence electrons. The molecule has 0 radical (unpaired) electrons. The minimum absolute atomic E-state index is 0.0302. The van der Waals surface area contributed by atoms with Crippen molar-refractivity contribution < 1.29 is 4.74 Å². The van der Waals surface area contributed by atoms with Crippen LogP contribution in [-0.2, 0) is 11.2 Å². The molecule has 0 bridgehead atoms. The Labute approximate surface area is 87.3 Å². The molecule has 0 amide bonds. The molecule has 3 nitrogen and oxygen atoms in total. The summed E-state index contributed by atoms with van der Waals surface area (Å²) in [7, 11) is 1.75. The summed E-state index contributed by atoms with van der Waals surface area (Å²) in [5.74, 6) is 0. The van der Waals surface area contributed by atoms with Crippen molar-refractivity contribution in [2.45, 2.75) is 12.0 Å². The molecule has 0 atom stereocenters. The number of ether oxygens (including phenoxy) is 1. The van der Waals surface area contributed by atoms with Crippen molar-refractivity contribution >= 4 is 11.3 Å². The number of thiophene rings is 1. The van der Waals surface area contributed by atoms with Crippen LogP contribution in [0.15, 0.2) is 11.4 Å². The molecule has 0 unspecified atom stereocenters. The van der Waals surface area contributed by atoms with E-state index in [1.54, 1.807) is 18.4 Å². The first-order valence-corrected chi connectivity index (χ1v) is 5.39. The summed E-state index contributed by atoms with van der Waals surface area (Å²) in [6, 6.07) is 4.09. The van der Waals surface area contributed by atoms with E-state index < -0.39 is 0 Å². The Hall–Kier alpha value is -0.890. The van der Waals surface area contributed by atoms with Gasteiger partial charge in [0.1, 0.15) is 6.07 Å². The monoisotopic (exact) mass is 208 g/mol. The summed E-state index contributed by atoms with van der Waals surface area (Å²) in [5, 5.41) is 13.8. The molecule has 2 rings (SSSR count). The van der Waals surface area contributed by atoms with Crippen LogP contribution in [0.3, 0.4) is 0 Å². The average molecular weight is 208 g/mol. The normalized spacial score (nSPS) is 18.6. The first kappa shape index (κ1) is 9.66. The molecule has 4 heteroatoms. The van der Waals surface area contributed by atoms with Gasteiger partial charge in [-0.3, -0.25) is 0 Å². The van der Waals surface area contributed by atoms with Crippen LogP contribution in [0, 0.1) is 11.3 Å². The van der Waals surface area contributed by atoms with E-state index in [1.807, 2.05) is 11.4 Å². The lowest BCUT2D eigenvalue weighted by Gasteiger charge is -2.41. The zero-order chi connectivity index (χ0) is 10.0. The number of nitrogens with zero attached hydrogens (tertiary/aromatic N) is 1. The van der Waals surface area contributed by atoms with E-state index in [1.165, 1.54) is 4.88 Å². The average Bonchev–Trinajstić information content (AvgIpc) is 2.59. The molecular formula is C10H12N2OS. The van der Waals surface area contributed by atoms with E-state index in [9.17, 15) is 0 Å². The van der Waals surface area contributed by atoms with Gasteiger partial charge in [0.15, 0.2) is 0 Å². The van der Waals surface area contributed by atoms with Gasteiger partial charge in [-0.2, -0.15) is 5.26 Å². The van der Waals surface area contributed by atoms with Gasteiger partial charge in [-0.05, 0) is 6.07 Å². The van der Waals surface area contributed by atoms with Gasteiger partial charge in [-0.15, -0.1) is 11.3 Å². The Bertz CT molecular complexity index is 357. The highest BCUT2D eigenvalue weighted by Crippen LogP contribution is 2.25. The van der Waals surface area contributed by atoms with E-state index in [4.69, 9.17) is 10.00 Å². The molecule has 1 fully saturated rings. The van der Waals surface area contributed by atoms with Crippen molar-refractivity contribution in [3.8, 4) is 6.07 Å². The van der Waals surface area contributed by atoms with Gasteiger partial charge in [-0.25, -0.2) is 0 Å². The zero-order valence-electron chi connectivity index (χ0n) is 8.04. The molecule has 1 saturated heterocycles. The highest BCUT2D eigenvalue weighted by Gasteiger charge is 2.37. The van der Waals surface area contributed by atoms with Crippen LogP contribution in [0.1, 0.15) is 10.4 Å². The molecule has 0 aliphatic carbocycles. The molecule has 14 heavy (non-hydrogen) atoms. The second-order valence-electron chi connectivity index (χ2n) is 3.58. The Morgan fingerprint density at radius 3 is 2.93 bits per heavy atom. The summed E-state index contributed by atoms with van der Waals surface area (Å²) in [6.07, 6.45) is 0.906. The number of nitrogens with one attached hydrogen (secondary N) is 1. The summed E-state index contributed by atoms with van der Waals surface area (Å²) >= 11 is 1.64. The van der Waals surface area contributed by atoms with E-state index >= 15 is 0 Å². The fraction of sp³-hybridized carbons (Fsp3) is 0.500. The number of nitriles is 1. The molecule has 1 aromatic rings. The topological polar surface area (TPSA) is 45.0 Å². The van der Waals surface area contributed by atoms with Gasteiger partial charge >= 0.3 is 0 Å². The van der Waals surface area contributed by atoms with Crippen LogP contribution < -0.4 is 5.32 Å². The maximum atomic E-state index is 8.69. The molecule has 0 aromatic carbocycles. The van der Waals surface area contributed by atoms with E-state index in [0.29, 0.717) is 0 Å². The van der Waals surface area contributed by atoms with Crippen LogP contribution in [0.25, 0.3) is 0 Å². The molecule has 1 aromatic heterocycles. The molecule has 1 N–H and O–H groups in total. The maximum Gasteiger partial charge on any atom is 0.100 e. The van der Waals surface area contributed by atoms with Crippen LogP contribution in [0.5, 0.6) is 0 Å². The Kier molecular flexibility index (Phi) is 2.55. The molecule has 0 saturated carbocycles. The van der Waals surface area contributed by atoms with Gasteiger partial charge in [0.05, 0.1) is 11.2 Å². The van der Waals surface area contributed by atoms with Crippen LogP contribution in [-0.4, -0.2) is 25.8 Å².